The van der Waals surface area contributed by atoms with Gasteiger partial charge < -0.3 is 5.32 Å². The summed E-state index contributed by atoms with van der Waals surface area (Å²) in [6.07, 6.45) is 3.00. The van der Waals surface area contributed by atoms with E-state index in [9.17, 15) is 13.2 Å². The summed E-state index contributed by atoms with van der Waals surface area (Å²) in [5, 5.41) is 2.97. The van der Waals surface area contributed by atoms with Crippen molar-refractivity contribution in [2.75, 3.05) is 4.72 Å². The highest BCUT2D eigenvalue weighted by atomic mass is 32.2. The van der Waals surface area contributed by atoms with Gasteiger partial charge in [0.15, 0.2) is 0 Å². The third-order valence-electron chi connectivity index (χ3n) is 4.61. The number of rotatable bonds is 6. The van der Waals surface area contributed by atoms with E-state index in [4.69, 9.17) is 0 Å². The number of hydrogen-bond donors (Lipinski definition) is 2. The van der Waals surface area contributed by atoms with Crippen LogP contribution in [0.4, 0.5) is 5.69 Å². The van der Waals surface area contributed by atoms with Crippen LogP contribution in [-0.4, -0.2) is 19.3 Å². The molecule has 0 aliphatic rings. The molecule has 0 aliphatic carbocycles. The van der Waals surface area contributed by atoms with E-state index >= 15 is 0 Å². The second-order valence-corrected chi connectivity index (χ2v) is 8.60. The molecule has 0 spiro atoms. The van der Waals surface area contributed by atoms with Crippen LogP contribution in [-0.2, 0) is 10.0 Å². The summed E-state index contributed by atoms with van der Waals surface area (Å²) in [5.74, 6) is -0.260. The van der Waals surface area contributed by atoms with E-state index in [1.165, 1.54) is 36.7 Å². The van der Waals surface area contributed by atoms with Crippen LogP contribution in [0.5, 0.6) is 0 Å². The Morgan fingerprint density at radius 3 is 2.28 bits per heavy atom. The van der Waals surface area contributed by atoms with E-state index in [1.54, 1.807) is 12.1 Å². The number of pyridine rings is 1. The van der Waals surface area contributed by atoms with Crippen molar-refractivity contribution in [3.63, 3.8) is 0 Å². The number of benzene rings is 2. The quantitative estimate of drug-likeness (QED) is 0.644. The summed E-state index contributed by atoms with van der Waals surface area (Å²) < 4.78 is 27.4. The first kappa shape index (κ1) is 20.5. The molecule has 0 bridgehead atoms. The fraction of sp³-hybridized carbons (Fsp3) is 0.182. The smallest absolute Gasteiger partial charge is 0.261 e. The molecule has 0 unspecified atom stereocenters. The van der Waals surface area contributed by atoms with Gasteiger partial charge in [-0.1, -0.05) is 23.8 Å². The van der Waals surface area contributed by atoms with E-state index in [1.807, 2.05) is 32.9 Å². The largest absolute Gasteiger partial charge is 0.346 e. The molecule has 29 heavy (non-hydrogen) atoms. The zero-order valence-corrected chi connectivity index (χ0v) is 17.3. The molecule has 1 heterocycles. The predicted molar refractivity (Wildman–Crippen MR) is 113 cm³/mol. The van der Waals surface area contributed by atoms with Crippen LogP contribution < -0.4 is 10.0 Å². The van der Waals surface area contributed by atoms with Gasteiger partial charge in [-0.15, -0.1) is 0 Å². The number of carbonyl (C=O) groups excluding carboxylic acids is 1. The normalized spacial score (nSPS) is 12.2. The summed E-state index contributed by atoms with van der Waals surface area (Å²) in [7, 11) is -3.74. The van der Waals surface area contributed by atoms with Crippen LogP contribution in [0.25, 0.3) is 0 Å². The number of nitrogens with one attached hydrogen (secondary N) is 2. The van der Waals surface area contributed by atoms with E-state index < -0.39 is 10.0 Å². The highest BCUT2D eigenvalue weighted by Crippen LogP contribution is 2.20. The van der Waals surface area contributed by atoms with Crippen LogP contribution in [0.1, 0.15) is 40.0 Å². The third kappa shape index (κ3) is 5.00. The van der Waals surface area contributed by atoms with E-state index in [2.05, 4.69) is 21.1 Å². The summed E-state index contributed by atoms with van der Waals surface area (Å²) in [6.45, 7) is 5.95. The number of aryl methyl sites for hydroxylation is 2. The number of anilines is 1. The van der Waals surface area contributed by atoms with Crippen molar-refractivity contribution in [1.29, 1.82) is 0 Å². The van der Waals surface area contributed by atoms with Gasteiger partial charge in [0.2, 0.25) is 0 Å². The Kier molecular flexibility index (Phi) is 5.98. The van der Waals surface area contributed by atoms with Gasteiger partial charge in [0.25, 0.3) is 15.9 Å². The average Bonchev–Trinajstić information content (AvgIpc) is 2.70. The topological polar surface area (TPSA) is 88.2 Å². The summed E-state index contributed by atoms with van der Waals surface area (Å²) in [4.78, 5) is 16.5. The van der Waals surface area contributed by atoms with Crippen molar-refractivity contribution in [1.82, 2.24) is 10.3 Å². The molecule has 1 atom stereocenters. The number of hydrogen-bond acceptors (Lipinski definition) is 4. The Hall–Kier alpha value is -3.19. The maximum Gasteiger partial charge on any atom is 0.261 e. The van der Waals surface area contributed by atoms with E-state index in [-0.39, 0.29) is 16.8 Å². The van der Waals surface area contributed by atoms with Crippen LogP contribution >= 0.6 is 0 Å². The minimum atomic E-state index is -3.74. The van der Waals surface area contributed by atoms with Gasteiger partial charge >= 0.3 is 0 Å². The minimum Gasteiger partial charge on any atom is -0.346 e. The maximum atomic E-state index is 12.6. The Bertz CT molecular complexity index is 1110. The van der Waals surface area contributed by atoms with Gasteiger partial charge in [0.05, 0.1) is 16.6 Å². The molecule has 150 valence electrons. The molecular formula is C22H23N3O3S. The first-order valence-electron chi connectivity index (χ1n) is 9.17. The Morgan fingerprint density at radius 2 is 1.62 bits per heavy atom. The molecule has 0 aliphatic heterocycles. The van der Waals surface area contributed by atoms with Gasteiger partial charge in [-0.05, 0) is 68.3 Å². The molecule has 1 amide bonds. The SMILES string of the molecule is Cc1ccc(C)c([C@@H](C)NC(=O)c2ccc(S(=O)(=O)Nc3ccncc3)cc2)c1. The molecular weight excluding hydrogens is 386 g/mol. The van der Waals surface area contributed by atoms with Gasteiger partial charge in [0.1, 0.15) is 0 Å². The van der Waals surface area contributed by atoms with Crippen LogP contribution in [0, 0.1) is 13.8 Å². The number of sulfonamides is 1. The number of amides is 1. The summed E-state index contributed by atoms with van der Waals surface area (Å²) >= 11 is 0. The summed E-state index contributed by atoms with van der Waals surface area (Å²) in [5.41, 5.74) is 4.10. The first-order chi connectivity index (χ1) is 13.8. The van der Waals surface area contributed by atoms with Crippen molar-refractivity contribution in [2.45, 2.75) is 31.7 Å². The zero-order chi connectivity index (χ0) is 21.0. The Balaban J connectivity index is 1.72. The summed E-state index contributed by atoms with van der Waals surface area (Å²) in [6, 6.07) is 14.9. The molecule has 0 saturated heterocycles. The fourth-order valence-corrected chi connectivity index (χ4v) is 4.06. The first-order valence-corrected chi connectivity index (χ1v) is 10.7. The monoisotopic (exact) mass is 409 g/mol. The second-order valence-electron chi connectivity index (χ2n) is 6.92. The van der Waals surface area contributed by atoms with Crippen molar-refractivity contribution in [3.05, 3.63) is 89.2 Å². The lowest BCUT2D eigenvalue weighted by Crippen LogP contribution is -2.27. The molecule has 2 N–H and O–H groups in total. The Morgan fingerprint density at radius 1 is 0.966 bits per heavy atom. The molecule has 0 fully saturated rings. The number of nitrogens with zero attached hydrogens (tertiary/aromatic N) is 1. The molecule has 0 saturated carbocycles. The van der Waals surface area contributed by atoms with Crippen LogP contribution in [0.2, 0.25) is 0 Å². The van der Waals surface area contributed by atoms with Crippen molar-refractivity contribution >= 4 is 21.6 Å². The highest BCUT2D eigenvalue weighted by Gasteiger charge is 2.17. The highest BCUT2D eigenvalue weighted by molar-refractivity contribution is 7.92. The van der Waals surface area contributed by atoms with E-state index in [0.717, 1.165) is 16.7 Å². The lowest BCUT2D eigenvalue weighted by atomic mass is 10.00. The Labute approximate surface area is 171 Å². The van der Waals surface area contributed by atoms with Crippen molar-refractivity contribution < 1.29 is 13.2 Å². The zero-order valence-electron chi connectivity index (χ0n) is 16.5. The standard InChI is InChI=1S/C22H23N3O3S/c1-15-4-5-16(2)21(14-15)17(3)24-22(26)18-6-8-20(9-7-18)29(27,28)25-19-10-12-23-13-11-19/h4-14,17H,1-3H3,(H,23,25)(H,24,26)/t17-/m1/s1. The molecule has 2 aromatic carbocycles. The van der Waals surface area contributed by atoms with Gasteiger partial charge in [-0.25, -0.2) is 8.42 Å². The van der Waals surface area contributed by atoms with Crippen LogP contribution in [0.3, 0.4) is 0 Å². The fourth-order valence-electron chi connectivity index (χ4n) is 3.00. The maximum absolute atomic E-state index is 12.6. The third-order valence-corrected chi connectivity index (χ3v) is 6.01. The lowest BCUT2D eigenvalue weighted by molar-refractivity contribution is 0.0939. The van der Waals surface area contributed by atoms with E-state index in [0.29, 0.717) is 11.3 Å². The van der Waals surface area contributed by atoms with Gasteiger partial charge in [-0.3, -0.25) is 14.5 Å². The molecule has 1 aromatic heterocycles. The van der Waals surface area contributed by atoms with Gasteiger partial charge in [0, 0.05) is 18.0 Å². The average molecular weight is 410 g/mol. The molecule has 3 aromatic rings. The number of carbonyl (C=O) groups is 1. The molecule has 3 rings (SSSR count). The van der Waals surface area contributed by atoms with Crippen LogP contribution in [0.15, 0.2) is 71.9 Å². The van der Waals surface area contributed by atoms with Crippen molar-refractivity contribution in [2.24, 2.45) is 0 Å². The molecule has 7 heteroatoms. The van der Waals surface area contributed by atoms with Crippen molar-refractivity contribution in [3.8, 4) is 0 Å². The lowest BCUT2D eigenvalue weighted by Gasteiger charge is -2.17. The number of aromatic nitrogens is 1. The molecule has 6 nitrogen and oxygen atoms in total. The predicted octanol–water partition coefficient (Wildman–Crippen LogP) is 3.99. The second kappa shape index (κ2) is 8.45. The van der Waals surface area contributed by atoms with Gasteiger partial charge in [-0.2, -0.15) is 0 Å². The molecule has 0 radical (unpaired) electrons. The minimum absolute atomic E-state index is 0.0773.